The number of urea groups is 1. The number of ether oxygens (including phenoxy) is 1. The molecule has 6 heteroatoms. The molecule has 110 valence electrons. The van der Waals surface area contributed by atoms with Crippen molar-refractivity contribution in [2.24, 2.45) is 0 Å². The monoisotopic (exact) mass is 288 g/mol. The van der Waals surface area contributed by atoms with Crippen LogP contribution in [0.3, 0.4) is 0 Å². The normalized spacial score (nSPS) is 9.95. The smallest absolute Gasteiger partial charge is 0.321 e. The zero-order valence-corrected chi connectivity index (χ0v) is 11.6. The first kappa shape index (κ1) is 14.6. The largest absolute Gasteiger partial charge is 0.484 e. The van der Waals surface area contributed by atoms with Crippen molar-refractivity contribution in [1.82, 2.24) is 10.6 Å². The summed E-state index contributed by atoms with van der Waals surface area (Å²) < 4.78 is 10.3. The molecule has 0 fully saturated rings. The molecule has 0 saturated carbocycles. The topological polar surface area (TPSA) is 80.6 Å². The van der Waals surface area contributed by atoms with Crippen LogP contribution < -0.4 is 15.4 Å². The Morgan fingerprint density at radius 2 is 1.95 bits per heavy atom. The maximum absolute atomic E-state index is 11.5. The van der Waals surface area contributed by atoms with Crippen LogP contribution in [0.1, 0.15) is 11.3 Å². The summed E-state index contributed by atoms with van der Waals surface area (Å²) in [4.78, 5) is 23.0. The number of carbonyl (C=O) groups excluding carboxylic acids is 2. The Bertz CT molecular complexity index is 591. The number of furan rings is 1. The Balaban J connectivity index is 1.68. The average Bonchev–Trinajstić information content (AvgIpc) is 2.98. The van der Waals surface area contributed by atoms with Gasteiger partial charge < -0.3 is 14.5 Å². The Labute approximate surface area is 122 Å². The second kappa shape index (κ2) is 7.14. The van der Waals surface area contributed by atoms with Crippen LogP contribution in [0.2, 0.25) is 0 Å². The second-order valence-corrected chi connectivity index (χ2v) is 4.41. The van der Waals surface area contributed by atoms with E-state index < -0.39 is 11.9 Å². The van der Waals surface area contributed by atoms with E-state index in [1.54, 1.807) is 24.3 Å². The van der Waals surface area contributed by atoms with Crippen LogP contribution in [0.25, 0.3) is 0 Å². The summed E-state index contributed by atoms with van der Waals surface area (Å²) in [6, 6.07) is 10.1. The van der Waals surface area contributed by atoms with Crippen molar-refractivity contribution >= 4 is 11.9 Å². The van der Waals surface area contributed by atoms with Crippen molar-refractivity contribution in [3.05, 3.63) is 54.0 Å². The lowest BCUT2D eigenvalue weighted by molar-refractivity contribution is -0.122. The molecule has 0 bridgehead atoms. The van der Waals surface area contributed by atoms with E-state index in [-0.39, 0.29) is 13.2 Å². The maximum Gasteiger partial charge on any atom is 0.321 e. The predicted octanol–water partition coefficient (Wildman–Crippen LogP) is 1.99. The molecular weight excluding hydrogens is 272 g/mol. The number of imide groups is 1. The van der Waals surface area contributed by atoms with Crippen molar-refractivity contribution in [2.75, 3.05) is 6.61 Å². The van der Waals surface area contributed by atoms with Gasteiger partial charge >= 0.3 is 6.03 Å². The molecule has 0 spiro atoms. The van der Waals surface area contributed by atoms with Gasteiger partial charge in [0.2, 0.25) is 0 Å². The van der Waals surface area contributed by atoms with Gasteiger partial charge in [-0.05, 0) is 31.2 Å². The van der Waals surface area contributed by atoms with Crippen LogP contribution in [-0.2, 0) is 11.3 Å². The summed E-state index contributed by atoms with van der Waals surface area (Å²) in [6.45, 7) is 1.95. The van der Waals surface area contributed by atoms with Gasteiger partial charge in [-0.2, -0.15) is 0 Å². The first-order valence-corrected chi connectivity index (χ1v) is 6.43. The number of nitrogens with one attached hydrogen (secondary N) is 2. The van der Waals surface area contributed by atoms with Gasteiger partial charge in [-0.1, -0.05) is 17.7 Å². The van der Waals surface area contributed by atoms with E-state index in [1.165, 1.54) is 6.26 Å². The fraction of sp³-hybridized carbons (Fsp3) is 0.200. The minimum atomic E-state index is -0.594. The molecule has 6 nitrogen and oxygen atoms in total. The second-order valence-electron chi connectivity index (χ2n) is 4.41. The van der Waals surface area contributed by atoms with Crippen LogP contribution in [0.5, 0.6) is 5.75 Å². The highest BCUT2D eigenvalue weighted by Crippen LogP contribution is 2.10. The highest BCUT2D eigenvalue weighted by molar-refractivity contribution is 5.94. The van der Waals surface area contributed by atoms with Crippen LogP contribution in [0, 0.1) is 6.92 Å². The Kier molecular flexibility index (Phi) is 4.98. The lowest BCUT2D eigenvalue weighted by Gasteiger charge is -2.07. The standard InChI is InChI=1S/C15H16N2O4/c1-11-4-6-12(7-5-11)21-10-14(18)17-15(19)16-9-13-3-2-8-20-13/h2-8H,9-10H2,1H3,(H2,16,17,18,19). The minimum absolute atomic E-state index is 0.213. The molecule has 0 saturated heterocycles. The van der Waals surface area contributed by atoms with Gasteiger partial charge in [0.05, 0.1) is 12.8 Å². The Morgan fingerprint density at radius 1 is 1.19 bits per heavy atom. The molecule has 1 heterocycles. The molecule has 2 N–H and O–H groups in total. The molecule has 0 atom stereocenters. The van der Waals surface area contributed by atoms with Gasteiger partial charge in [0, 0.05) is 0 Å². The summed E-state index contributed by atoms with van der Waals surface area (Å²) in [7, 11) is 0. The third-order valence-corrected chi connectivity index (χ3v) is 2.65. The summed E-state index contributed by atoms with van der Waals surface area (Å²) >= 11 is 0. The van der Waals surface area contributed by atoms with E-state index in [0.29, 0.717) is 11.5 Å². The molecule has 2 aromatic rings. The minimum Gasteiger partial charge on any atom is -0.484 e. The van der Waals surface area contributed by atoms with Gasteiger partial charge in [0.25, 0.3) is 5.91 Å². The Morgan fingerprint density at radius 3 is 2.62 bits per heavy atom. The summed E-state index contributed by atoms with van der Waals surface area (Å²) in [5.41, 5.74) is 1.10. The lowest BCUT2D eigenvalue weighted by Crippen LogP contribution is -2.41. The van der Waals surface area contributed by atoms with Gasteiger partial charge in [-0.15, -0.1) is 0 Å². The van der Waals surface area contributed by atoms with Gasteiger partial charge in [0.15, 0.2) is 6.61 Å². The first-order chi connectivity index (χ1) is 10.1. The van der Waals surface area contributed by atoms with E-state index in [4.69, 9.17) is 9.15 Å². The van der Waals surface area contributed by atoms with E-state index in [1.807, 2.05) is 19.1 Å². The van der Waals surface area contributed by atoms with E-state index in [9.17, 15) is 9.59 Å². The zero-order valence-electron chi connectivity index (χ0n) is 11.6. The fourth-order valence-electron chi connectivity index (χ4n) is 1.57. The van der Waals surface area contributed by atoms with Gasteiger partial charge in [-0.25, -0.2) is 4.79 Å². The van der Waals surface area contributed by atoms with Gasteiger partial charge in [0.1, 0.15) is 11.5 Å². The molecule has 2 rings (SSSR count). The number of amides is 3. The number of hydrogen-bond acceptors (Lipinski definition) is 4. The molecule has 1 aromatic heterocycles. The van der Waals surface area contributed by atoms with Crippen molar-refractivity contribution in [3.8, 4) is 5.75 Å². The molecular formula is C15H16N2O4. The predicted molar refractivity (Wildman–Crippen MR) is 75.8 cm³/mol. The van der Waals surface area contributed by atoms with E-state index in [0.717, 1.165) is 5.56 Å². The number of rotatable bonds is 5. The molecule has 0 unspecified atom stereocenters. The number of aryl methyl sites for hydroxylation is 1. The molecule has 0 radical (unpaired) electrons. The third-order valence-electron chi connectivity index (χ3n) is 2.65. The SMILES string of the molecule is Cc1ccc(OCC(=O)NC(=O)NCc2ccco2)cc1. The lowest BCUT2D eigenvalue weighted by atomic mass is 10.2. The molecule has 0 aliphatic heterocycles. The molecule has 0 aliphatic rings. The van der Waals surface area contributed by atoms with Crippen LogP contribution in [0.4, 0.5) is 4.79 Å². The van der Waals surface area contributed by atoms with Crippen molar-refractivity contribution in [2.45, 2.75) is 13.5 Å². The van der Waals surface area contributed by atoms with Crippen molar-refractivity contribution in [3.63, 3.8) is 0 Å². The zero-order chi connectivity index (χ0) is 15.1. The highest BCUT2D eigenvalue weighted by Gasteiger charge is 2.08. The summed E-state index contributed by atoms with van der Waals surface area (Å²) in [5.74, 6) is 0.660. The maximum atomic E-state index is 11.5. The molecule has 1 aromatic carbocycles. The first-order valence-electron chi connectivity index (χ1n) is 6.43. The number of carbonyl (C=O) groups is 2. The van der Waals surface area contributed by atoms with E-state index >= 15 is 0 Å². The van der Waals surface area contributed by atoms with Crippen LogP contribution in [0.15, 0.2) is 47.1 Å². The third kappa shape index (κ3) is 5.02. The van der Waals surface area contributed by atoms with Crippen LogP contribution in [-0.4, -0.2) is 18.5 Å². The highest BCUT2D eigenvalue weighted by atomic mass is 16.5. The molecule has 21 heavy (non-hydrogen) atoms. The van der Waals surface area contributed by atoms with Crippen LogP contribution >= 0.6 is 0 Å². The van der Waals surface area contributed by atoms with Crippen molar-refractivity contribution < 1.29 is 18.7 Å². The number of benzene rings is 1. The van der Waals surface area contributed by atoms with E-state index in [2.05, 4.69) is 10.6 Å². The average molecular weight is 288 g/mol. The van der Waals surface area contributed by atoms with Gasteiger partial charge in [-0.3, -0.25) is 10.1 Å². The number of hydrogen-bond donors (Lipinski definition) is 2. The summed E-state index contributed by atoms with van der Waals surface area (Å²) in [5, 5.41) is 4.67. The summed E-state index contributed by atoms with van der Waals surface area (Å²) in [6.07, 6.45) is 1.51. The van der Waals surface area contributed by atoms with Crippen molar-refractivity contribution in [1.29, 1.82) is 0 Å². The molecule has 3 amide bonds. The quantitative estimate of drug-likeness (QED) is 0.881. The Hall–Kier alpha value is -2.76. The fourth-order valence-corrected chi connectivity index (χ4v) is 1.57. The molecule has 0 aliphatic carbocycles.